The van der Waals surface area contributed by atoms with Crippen LogP contribution >= 0.6 is 0 Å². The SMILES string of the molecule is Cc1cccc(OCC(=O)Nc2ccc(C(N)=O)cc2)c1. The van der Waals surface area contributed by atoms with E-state index in [1.807, 2.05) is 25.1 Å². The Morgan fingerprint density at radius 2 is 1.86 bits per heavy atom. The van der Waals surface area contributed by atoms with Gasteiger partial charge in [0, 0.05) is 11.3 Å². The van der Waals surface area contributed by atoms with E-state index in [0.29, 0.717) is 17.0 Å². The summed E-state index contributed by atoms with van der Waals surface area (Å²) < 4.78 is 5.40. The molecule has 0 atom stereocenters. The molecule has 2 amide bonds. The predicted molar refractivity (Wildman–Crippen MR) is 80.3 cm³/mol. The van der Waals surface area contributed by atoms with Gasteiger partial charge in [0.25, 0.3) is 5.91 Å². The van der Waals surface area contributed by atoms with Crippen molar-refractivity contribution in [3.63, 3.8) is 0 Å². The highest BCUT2D eigenvalue weighted by Gasteiger charge is 2.05. The monoisotopic (exact) mass is 284 g/mol. The molecule has 0 unspecified atom stereocenters. The first-order valence-electron chi connectivity index (χ1n) is 6.44. The maximum atomic E-state index is 11.8. The molecule has 2 aromatic rings. The van der Waals surface area contributed by atoms with Gasteiger partial charge in [-0.15, -0.1) is 0 Å². The molecule has 0 aliphatic heterocycles. The molecular formula is C16H16N2O3. The number of aryl methyl sites for hydroxylation is 1. The van der Waals surface area contributed by atoms with Crippen LogP contribution in [0.5, 0.6) is 5.75 Å². The second-order valence-corrected chi connectivity index (χ2v) is 4.59. The Hall–Kier alpha value is -2.82. The molecule has 2 aromatic carbocycles. The Morgan fingerprint density at radius 1 is 1.14 bits per heavy atom. The topological polar surface area (TPSA) is 81.4 Å². The summed E-state index contributed by atoms with van der Waals surface area (Å²) in [6.45, 7) is 1.87. The number of nitrogens with two attached hydrogens (primary N) is 1. The predicted octanol–water partition coefficient (Wildman–Crippen LogP) is 2.11. The minimum Gasteiger partial charge on any atom is -0.484 e. The van der Waals surface area contributed by atoms with Crippen LogP contribution in [0.15, 0.2) is 48.5 Å². The molecule has 5 heteroatoms. The van der Waals surface area contributed by atoms with Gasteiger partial charge in [0.15, 0.2) is 6.61 Å². The highest BCUT2D eigenvalue weighted by molar-refractivity contribution is 5.95. The quantitative estimate of drug-likeness (QED) is 0.882. The molecule has 0 saturated heterocycles. The number of anilines is 1. The molecule has 5 nitrogen and oxygen atoms in total. The third-order valence-corrected chi connectivity index (χ3v) is 2.81. The van der Waals surface area contributed by atoms with Gasteiger partial charge >= 0.3 is 0 Å². The molecule has 3 N–H and O–H groups in total. The second-order valence-electron chi connectivity index (χ2n) is 4.59. The van der Waals surface area contributed by atoms with Crippen molar-refractivity contribution >= 4 is 17.5 Å². The summed E-state index contributed by atoms with van der Waals surface area (Å²) in [5, 5.41) is 2.68. The highest BCUT2D eigenvalue weighted by atomic mass is 16.5. The Morgan fingerprint density at radius 3 is 2.48 bits per heavy atom. The number of amides is 2. The Labute approximate surface area is 122 Å². The third kappa shape index (κ3) is 4.35. The number of hydrogen-bond acceptors (Lipinski definition) is 3. The number of hydrogen-bond donors (Lipinski definition) is 2. The van der Waals surface area contributed by atoms with E-state index in [1.165, 1.54) is 0 Å². The van der Waals surface area contributed by atoms with E-state index in [4.69, 9.17) is 10.5 Å². The molecule has 0 fully saturated rings. The van der Waals surface area contributed by atoms with Crippen LogP contribution in [0.1, 0.15) is 15.9 Å². The number of rotatable bonds is 5. The van der Waals surface area contributed by atoms with Crippen molar-refractivity contribution in [1.29, 1.82) is 0 Å². The molecule has 2 rings (SSSR count). The van der Waals surface area contributed by atoms with Crippen molar-refractivity contribution in [2.45, 2.75) is 6.92 Å². The van der Waals surface area contributed by atoms with Crippen LogP contribution in [0.3, 0.4) is 0 Å². The van der Waals surface area contributed by atoms with Crippen molar-refractivity contribution in [2.24, 2.45) is 5.73 Å². The lowest BCUT2D eigenvalue weighted by Crippen LogP contribution is -2.20. The molecule has 0 aliphatic carbocycles. The van der Waals surface area contributed by atoms with Crippen LogP contribution in [0.25, 0.3) is 0 Å². The number of nitrogens with one attached hydrogen (secondary N) is 1. The van der Waals surface area contributed by atoms with Crippen molar-refractivity contribution in [3.05, 3.63) is 59.7 Å². The van der Waals surface area contributed by atoms with Crippen molar-refractivity contribution in [2.75, 3.05) is 11.9 Å². The number of ether oxygens (including phenoxy) is 1. The molecule has 0 spiro atoms. The van der Waals surface area contributed by atoms with E-state index in [2.05, 4.69) is 5.32 Å². The molecule has 0 heterocycles. The van der Waals surface area contributed by atoms with Crippen LogP contribution in [0, 0.1) is 6.92 Å². The summed E-state index contributed by atoms with van der Waals surface area (Å²) in [5.74, 6) is -0.131. The van der Waals surface area contributed by atoms with Crippen LogP contribution in [0.4, 0.5) is 5.69 Å². The Balaban J connectivity index is 1.88. The van der Waals surface area contributed by atoms with E-state index < -0.39 is 5.91 Å². The summed E-state index contributed by atoms with van der Waals surface area (Å²) >= 11 is 0. The van der Waals surface area contributed by atoms with Gasteiger partial charge in [-0.1, -0.05) is 12.1 Å². The van der Waals surface area contributed by atoms with Crippen LogP contribution in [-0.4, -0.2) is 18.4 Å². The summed E-state index contributed by atoms with van der Waals surface area (Å²) in [5.41, 5.74) is 7.18. The fourth-order valence-electron chi connectivity index (χ4n) is 1.77. The zero-order chi connectivity index (χ0) is 15.2. The van der Waals surface area contributed by atoms with Gasteiger partial charge in [-0.25, -0.2) is 0 Å². The van der Waals surface area contributed by atoms with E-state index in [-0.39, 0.29) is 12.5 Å². The summed E-state index contributed by atoms with van der Waals surface area (Å²) in [6.07, 6.45) is 0. The maximum absolute atomic E-state index is 11.8. The largest absolute Gasteiger partial charge is 0.484 e. The summed E-state index contributed by atoms with van der Waals surface area (Å²) in [4.78, 5) is 22.7. The second kappa shape index (κ2) is 6.56. The fraction of sp³-hybridized carbons (Fsp3) is 0.125. The van der Waals surface area contributed by atoms with Crippen LogP contribution < -0.4 is 15.8 Å². The standard InChI is InChI=1S/C16H16N2O3/c1-11-3-2-4-14(9-11)21-10-15(19)18-13-7-5-12(6-8-13)16(17)20/h2-9H,10H2,1H3,(H2,17,20)(H,18,19). The van der Waals surface area contributed by atoms with Gasteiger partial charge in [0.05, 0.1) is 0 Å². The fourth-order valence-corrected chi connectivity index (χ4v) is 1.77. The highest BCUT2D eigenvalue weighted by Crippen LogP contribution is 2.13. The van der Waals surface area contributed by atoms with Gasteiger partial charge < -0.3 is 15.8 Å². The molecule has 0 aliphatic rings. The molecule has 0 saturated carbocycles. The van der Waals surface area contributed by atoms with Gasteiger partial charge in [0.1, 0.15) is 5.75 Å². The molecule has 0 bridgehead atoms. The zero-order valence-electron chi connectivity index (χ0n) is 11.6. The average molecular weight is 284 g/mol. The summed E-state index contributed by atoms with van der Waals surface area (Å²) in [7, 11) is 0. The minimum absolute atomic E-state index is 0.0823. The van der Waals surface area contributed by atoms with Gasteiger partial charge in [-0.2, -0.15) is 0 Å². The first-order chi connectivity index (χ1) is 10.0. The number of benzene rings is 2. The van der Waals surface area contributed by atoms with Gasteiger partial charge in [-0.3, -0.25) is 9.59 Å². The lowest BCUT2D eigenvalue weighted by Gasteiger charge is -2.08. The van der Waals surface area contributed by atoms with Crippen LogP contribution in [-0.2, 0) is 4.79 Å². The lowest BCUT2D eigenvalue weighted by atomic mass is 10.2. The Bertz CT molecular complexity index is 651. The maximum Gasteiger partial charge on any atom is 0.262 e. The lowest BCUT2D eigenvalue weighted by molar-refractivity contribution is -0.118. The summed E-state index contributed by atoms with van der Waals surface area (Å²) in [6, 6.07) is 13.8. The molecule has 21 heavy (non-hydrogen) atoms. The van der Waals surface area contributed by atoms with E-state index in [9.17, 15) is 9.59 Å². The normalized spacial score (nSPS) is 9.95. The number of carbonyl (C=O) groups excluding carboxylic acids is 2. The van der Waals surface area contributed by atoms with E-state index in [0.717, 1.165) is 5.56 Å². The molecular weight excluding hydrogens is 268 g/mol. The zero-order valence-corrected chi connectivity index (χ0v) is 11.6. The average Bonchev–Trinajstić information content (AvgIpc) is 2.46. The first kappa shape index (κ1) is 14.6. The molecule has 0 aromatic heterocycles. The van der Waals surface area contributed by atoms with Crippen molar-refractivity contribution in [1.82, 2.24) is 0 Å². The third-order valence-electron chi connectivity index (χ3n) is 2.81. The van der Waals surface area contributed by atoms with Crippen LogP contribution in [0.2, 0.25) is 0 Å². The molecule has 108 valence electrons. The minimum atomic E-state index is -0.504. The first-order valence-corrected chi connectivity index (χ1v) is 6.44. The van der Waals surface area contributed by atoms with Gasteiger partial charge in [-0.05, 0) is 48.9 Å². The Kier molecular flexibility index (Phi) is 4.56. The van der Waals surface area contributed by atoms with Crippen molar-refractivity contribution < 1.29 is 14.3 Å². The number of carbonyl (C=O) groups is 2. The number of primary amides is 1. The molecule has 0 radical (unpaired) electrons. The van der Waals surface area contributed by atoms with Crippen molar-refractivity contribution in [3.8, 4) is 5.75 Å². The van der Waals surface area contributed by atoms with E-state index in [1.54, 1.807) is 30.3 Å². The van der Waals surface area contributed by atoms with Gasteiger partial charge in [0.2, 0.25) is 5.91 Å². The van der Waals surface area contributed by atoms with E-state index >= 15 is 0 Å². The smallest absolute Gasteiger partial charge is 0.262 e.